The highest BCUT2D eigenvalue weighted by atomic mass is 79.9. The smallest absolute Gasteiger partial charge is 0.125 e. The van der Waals surface area contributed by atoms with E-state index in [0.717, 1.165) is 42.9 Å². The lowest BCUT2D eigenvalue weighted by molar-refractivity contribution is 0.103. The Morgan fingerprint density at radius 1 is 1.43 bits per heavy atom. The second kappa shape index (κ2) is 8.16. The Kier molecular flexibility index (Phi) is 6.52. The third-order valence-corrected chi connectivity index (χ3v) is 4.46. The Balaban J connectivity index is 2.15. The van der Waals surface area contributed by atoms with Crippen molar-refractivity contribution in [2.45, 2.75) is 45.7 Å². The maximum Gasteiger partial charge on any atom is 0.125 e. The number of hydrogen-bond donors (Lipinski definition) is 1. The van der Waals surface area contributed by atoms with Gasteiger partial charge < -0.3 is 14.8 Å². The molecule has 2 rings (SSSR count). The van der Waals surface area contributed by atoms with Crippen LogP contribution in [-0.2, 0) is 4.74 Å². The van der Waals surface area contributed by atoms with E-state index in [9.17, 15) is 0 Å². The van der Waals surface area contributed by atoms with E-state index in [2.05, 4.69) is 53.3 Å². The van der Waals surface area contributed by atoms with Crippen molar-refractivity contribution >= 4 is 15.9 Å². The van der Waals surface area contributed by atoms with Crippen LogP contribution in [0.5, 0.6) is 5.75 Å². The Bertz CT molecular complexity index is 450. The monoisotopic (exact) mass is 355 g/mol. The number of ether oxygens (including phenoxy) is 2. The lowest BCUT2D eigenvalue weighted by Gasteiger charge is -2.28. The molecule has 4 heteroatoms. The van der Waals surface area contributed by atoms with Crippen molar-refractivity contribution in [3.8, 4) is 5.75 Å². The predicted octanol–water partition coefficient (Wildman–Crippen LogP) is 4.31. The van der Waals surface area contributed by atoms with Crippen LogP contribution in [0.4, 0.5) is 0 Å². The number of nitrogens with one attached hydrogen (secondary N) is 1. The molecule has 3 nitrogen and oxygen atoms in total. The first-order valence-electron chi connectivity index (χ1n) is 7.87. The summed E-state index contributed by atoms with van der Waals surface area (Å²) < 4.78 is 12.6. The Morgan fingerprint density at radius 2 is 2.24 bits per heavy atom. The molecular weight excluding hydrogens is 330 g/mol. The molecular formula is C17H26BrNO2. The number of fused-ring (bicyclic) bond motifs is 1. The molecule has 1 aromatic rings. The van der Waals surface area contributed by atoms with Crippen LogP contribution in [0.2, 0.25) is 0 Å². The third-order valence-electron chi connectivity index (χ3n) is 3.97. The van der Waals surface area contributed by atoms with Crippen LogP contribution in [0.25, 0.3) is 0 Å². The van der Waals surface area contributed by atoms with Gasteiger partial charge in [0, 0.05) is 28.7 Å². The summed E-state index contributed by atoms with van der Waals surface area (Å²) in [6.45, 7) is 8.85. The molecule has 0 bridgehead atoms. The van der Waals surface area contributed by atoms with Gasteiger partial charge >= 0.3 is 0 Å². The summed E-state index contributed by atoms with van der Waals surface area (Å²) >= 11 is 3.52. The maximum absolute atomic E-state index is 5.88. The van der Waals surface area contributed by atoms with E-state index >= 15 is 0 Å². The van der Waals surface area contributed by atoms with E-state index in [1.54, 1.807) is 0 Å². The molecule has 0 saturated heterocycles. The van der Waals surface area contributed by atoms with Gasteiger partial charge in [-0.15, -0.1) is 0 Å². The predicted molar refractivity (Wildman–Crippen MR) is 89.9 cm³/mol. The van der Waals surface area contributed by atoms with Gasteiger partial charge in [0.25, 0.3) is 0 Å². The van der Waals surface area contributed by atoms with Crippen LogP contribution in [0.3, 0.4) is 0 Å². The molecule has 0 radical (unpaired) electrons. The lowest BCUT2D eigenvalue weighted by atomic mass is 9.98. The highest BCUT2D eigenvalue weighted by molar-refractivity contribution is 9.10. The van der Waals surface area contributed by atoms with Gasteiger partial charge in [-0.2, -0.15) is 0 Å². The van der Waals surface area contributed by atoms with E-state index in [0.29, 0.717) is 18.0 Å². The molecule has 1 N–H and O–H groups in total. The molecule has 1 aliphatic rings. The molecule has 0 saturated carbocycles. The minimum absolute atomic E-state index is 0.337. The first-order valence-corrected chi connectivity index (χ1v) is 8.67. The SMILES string of the molecule is CCOCC(NC1CCCOc2cc(Br)ccc21)C(C)C. The summed E-state index contributed by atoms with van der Waals surface area (Å²) in [5, 5.41) is 3.79. The van der Waals surface area contributed by atoms with Gasteiger partial charge in [-0.05, 0) is 37.8 Å². The molecule has 2 unspecified atom stereocenters. The normalized spacial score (nSPS) is 19.8. The van der Waals surface area contributed by atoms with Crippen LogP contribution in [0.15, 0.2) is 22.7 Å². The van der Waals surface area contributed by atoms with Crippen molar-refractivity contribution in [3.05, 3.63) is 28.2 Å². The van der Waals surface area contributed by atoms with E-state index in [4.69, 9.17) is 9.47 Å². The van der Waals surface area contributed by atoms with Crippen molar-refractivity contribution in [2.24, 2.45) is 5.92 Å². The van der Waals surface area contributed by atoms with Crippen molar-refractivity contribution < 1.29 is 9.47 Å². The maximum atomic E-state index is 5.88. The Morgan fingerprint density at radius 3 is 2.95 bits per heavy atom. The van der Waals surface area contributed by atoms with Gasteiger partial charge in [0.15, 0.2) is 0 Å². The van der Waals surface area contributed by atoms with Gasteiger partial charge in [0.05, 0.1) is 13.2 Å². The number of halogens is 1. The first-order chi connectivity index (χ1) is 10.1. The highest BCUT2D eigenvalue weighted by Gasteiger charge is 2.24. The van der Waals surface area contributed by atoms with E-state index in [1.807, 2.05) is 6.92 Å². The summed E-state index contributed by atoms with van der Waals surface area (Å²) in [5.41, 5.74) is 1.26. The molecule has 21 heavy (non-hydrogen) atoms. The van der Waals surface area contributed by atoms with Gasteiger partial charge in [-0.25, -0.2) is 0 Å². The molecule has 1 heterocycles. The van der Waals surface area contributed by atoms with Gasteiger partial charge in [0.1, 0.15) is 5.75 Å². The lowest BCUT2D eigenvalue weighted by Crippen LogP contribution is -2.40. The summed E-state index contributed by atoms with van der Waals surface area (Å²) in [4.78, 5) is 0. The largest absolute Gasteiger partial charge is 0.493 e. The third kappa shape index (κ3) is 4.70. The molecule has 1 aromatic carbocycles. The Labute approximate surface area is 136 Å². The van der Waals surface area contributed by atoms with Gasteiger partial charge in [0.2, 0.25) is 0 Å². The quantitative estimate of drug-likeness (QED) is 0.824. The molecule has 2 atom stereocenters. The fraction of sp³-hybridized carbons (Fsp3) is 0.647. The topological polar surface area (TPSA) is 30.5 Å². The average Bonchev–Trinajstić information content (AvgIpc) is 2.64. The Hall–Kier alpha value is -0.580. The standard InChI is InChI=1S/C17H26BrNO2/c1-4-20-11-16(12(2)3)19-15-6-5-9-21-17-10-13(18)7-8-14(15)17/h7-8,10,12,15-16,19H,4-6,9,11H2,1-3H3. The minimum atomic E-state index is 0.337. The zero-order valence-corrected chi connectivity index (χ0v) is 14.8. The van der Waals surface area contributed by atoms with Crippen LogP contribution in [0, 0.1) is 5.92 Å². The second-order valence-corrected chi connectivity index (χ2v) is 6.82. The summed E-state index contributed by atoms with van der Waals surface area (Å²) in [7, 11) is 0. The first kappa shape index (κ1) is 16.8. The zero-order valence-electron chi connectivity index (χ0n) is 13.2. The van der Waals surface area contributed by atoms with Crippen LogP contribution in [-0.4, -0.2) is 25.9 Å². The van der Waals surface area contributed by atoms with Crippen molar-refractivity contribution in [2.75, 3.05) is 19.8 Å². The van der Waals surface area contributed by atoms with E-state index in [1.165, 1.54) is 5.56 Å². The minimum Gasteiger partial charge on any atom is -0.493 e. The van der Waals surface area contributed by atoms with Crippen LogP contribution >= 0.6 is 15.9 Å². The molecule has 0 aromatic heterocycles. The van der Waals surface area contributed by atoms with E-state index in [-0.39, 0.29) is 0 Å². The van der Waals surface area contributed by atoms with Crippen molar-refractivity contribution in [1.29, 1.82) is 0 Å². The summed E-state index contributed by atoms with van der Waals surface area (Å²) in [5.74, 6) is 1.54. The van der Waals surface area contributed by atoms with Gasteiger partial charge in [-0.1, -0.05) is 35.8 Å². The fourth-order valence-corrected chi connectivity index (χ4v) is 3.00. The number of benzene rings is 1. The molecule has 118 valence electrons. The molecule has 0 fully saturated rings. The molecule has 0 amide bonds. The molecule has 0 aliphatic carbocycles. The summed E-state index contributed by atoms with van der Waals surface area (Å²) in [6, 6.07) is 7.03. The van der Waals surface area contributed by atoms with Crippen molar-refractivity contribution in [1.82, 2.24) is 5.32 Å². The van der Waals surface area contributed by atoms with Gasteiger partial charge in [-0.3, -0.25) is 0 Å². The van der Waals surface area contributed by atoms with E-state index < -0.39 is 0 Å². The summed E-state index contributed by atoms with van der Waals surface area (Å²) in [6.07, 6.45) is 2.17. The highest BCUT2D eigenvalue weighted by Crippen LogP contribution is 2.34. The van der Waals surface area contributed by atoms with Crippen LogP contribution in [0.1, 0.15) is 45.2 Å². The number of hydrogen-bond acceptors (Lipinski definition) is 3. The molecule has 0 spiro atoms. The van der Waals surface area contributed by atoms with Crippen LogP contribution < -0.4 is 10.1 Å². The average molecular weight is 356 g/mol. The van der Waals surface area contributed by atoms with Crippen molar-refractivity contribution in [3.63, 3.8) is 0 Å². The second-order valence-electron chi connectivity index (χ2n) is 5.90. The fourth-order valence-electron chi connectivity index (χ4n) is 2.66. The molecule has 1 aliphatic heterocycles. The number of rotatable bonds is 6. The zero-order chi connectivity index (χ0) is 15.2.